The lowest BCUT2D eigenvalue weighted by molar-refractivity contribution is 0.00578. The Balaban J connectivity index is 1.85. The van der Waals surface area contributed by atoms with Crippen molar-refractivity contribution in [3.8, 4) is 17.2 Å². The minimum Gasteiger partial charge on any atom is -0.398 e. The molecule has 116 valence electrons. The highest BCUT2D eigenvalue weighted by Crippen LogP contribution is 2.36. The molecule has 0 N–H and O–H groups in total. The van der Waals surface area contributed by atoms with Gasteiger partial charge in [0.1, 0.15) is 0 Å². The van der Waals surface area contributed by atoms with Gasteiger partial charge in [-0.15, -0.1) is 0 Å². The first-order chi connectivity index (χ1) is 10.8. The normalized spacial score (nSPS) is 18.7. The molecule has 0 unspecified atom stereocenters. The molecular formula is C18H19BN2O2. The second kappa shape index (κ2) is 5.49. The van der Waals surface area contributed by atoms with Crippen molar-refractivity contribution < 1.29 is 9.31 Å². The van der Waals surface area contributed by atoms with E-state index in [4.69, 9.17) is 14.6 Å². The fourth-order valence-electron chi connectivity index (χ4n) is 2.45. The molecule has 0 radical (unpaired) electrons. The Morgan fingerprint density at radius 3 is 2.26 bits per heavy atom. The molecule has 23 heavy (non-hydrogen) atoms. The van der Waals surface area contributed by atoms with E-state index in [0.29, 0.717) is 5.56 Å². The van der Waals surface area contributed by atoms with Crippen molar-refractivity contribution in [1.82, 2.24) is 4.98 Å². The Morgan fingerprint density at radius 1 is 1.00 bits per heavy atom. The van der Waals surface area contributed by atoms with Crippen molar-refractivity contribution >= 4 is 12.7 Å². The fourth-order valence-corrected chi connectivity index (χ4v) is 2.45. The van der Waals surface area contributed by atoms with E-state index in [1.807, 2.05) is 58.0 Å². The first-order valence-corrected chi connectivity index (χ1v) is 7.64. The van der Waals surface area contributed by atoms with Gasteiger partial charge in [0.25, 0.3) is 0 Å². The minimum atomic E-state index is -0.459. The molecule has 1 aromatic carbocycles. The smallest absolute Gasteiger partial charge is 0.398 e. The summed E-state index contributed by atoms with van der Waals surface area (Å²) < 4.78 is 12.0. The lowest BCUT2D eigenvalue weighted by Gasteiger charge is -2.32. The third-order valence-electron chi connectivity index (χ3n) is 4.61. The molecule has 1 aromatic heterocycles. The molecule has 1 fully saturated rings. The van der Waals surface area contributed by atoms with Gasteiger partial charge in [0.15, 0.2) is 0 Å². The van der Waals surface area contributed by atoms with Crippen LogP contribution in [-0.4, -0.2) is 23.3 Å². The number of hydrogen-bond donors (Lipinski definition) is 0. The second-order valence-corrected chi connectivity index (χ2v) is 6.75. The van der Waals surface area contributed by atoms with Gasteiger partial charge in [0.2, 0.25) is 0 Å². The van der Waals surface area contributed by atoms with Gasteiger partial charge in [0.05, 0.1) is 28.4 Å². The summed E-state index contributed by atoms with van der Waals surface area (Å²) in [5.74, 6) is 0. The van der Waals surface area contributed by atoms with Crippen LogP contribution in [0.15, 0.2) is 42.6 Å². The van der Waals surface area contributed by atoms with Gasteiger partial charge in [-0.05, 0) is 57.0 Å². The number of hydrogen-bond acceptors (Lipinski definition) is 4. The van der Waals surface area contributed by atoms with Crippen LogP contribution in [0.1, 0.15) is 33.3 Å². The predicted octanol–water partition coefficient (Wildman–Crippen LogP) is 2.92. The monoisotopic (exact) mass is 306 g/mol. The molecule has 0 bridgehead atoms. The van der Waals surface area contributed by atoms with Crippen LogP contribution < -0.4 is 5.59 Å². The van der Waals surface area contributed by atoms with Crippen molar-refractivity contribution in [2.75, 3.05) is 0 Å². The Labute approximate surface area is 137 Å². The topological polar surface area (TPSA) is 55.1 Å². The van der Waals surface area contributed by atoms with Gasteiger partial charge in [-0.25, -0.2) is 0 Å². The first kappa shape index (κ1) is 15.7. The average molecular weight is 306 g/mol. The maximum Gasteiger partial charge on any atom is 0.514 e. The van der Waals surface area contributed by atoms with E-state index in [1.165, 1.54) is 0 Å². The summed E-state index contributed by atoms with van der Waals surface area (Å²) in [5, 5.41) is 9.00. The highest BCUT2D eigenvalue weighted by atomic mass is 16.7. The zero-order chi connectivity index (χ0) is 16.7. The van der Waals surface area contributed by atoms with Crippen molar-refractivity contribution in [1.29, 1.82) is 5.26 Å². The summed E-state index contributed by atoms with van der Waals surface area (Å²) in [6, 6.07) is 13.5. The molecule has 4 nitrogen and oxygen atoms in total. The van der Waals surface area contributed by atoms with Crippen LogP contribution in [0.25, 0.3) is 11.1 Å². The number of nitrogens with zero attached hydrogens (tertiary/aromatic N) is 2. The van der Waals surface area contributed by atoms with Crippen molar-refractivity contribution in [3.05, 3.63) is 48.2 Å². The van der Waals surface area contributed by atoms with E-state index in [1.54, 1.807) is 12.3 Å². The summed E-state index contributed by atoms with van der Waals surface area (Å²) >= 11 is 0. The lowest BCUT2D eigenvalue weighted by Crippen LogP contribution is -2.41. The number of nitriles is 1. The molecule has 1 saturated heterocycles. The van der Waals surface area contributed by atoms with E-state index < -0.39 is 7.12 Å². The molecule has 2 heterocycles. The van der Waals surface area contributed by atoms with Gasteiger partial charge >= 0.3 is 7.12 Å². The predicted molar refractivity (Wildman–Crippen MR) is 90.1 cm³/mol. The fraction of sp³-hybridized carbons (Fsp3) is 0.333. The summed E-state index contributed by atoms with van der Waals surface area (Å²) in [5.41, 5.74) is 2.57. The third-order valence-corrected chi connectivity index (χ3v) is 4.61. The molecule has 5 heteroatoms. The number of benzene rings is 1. The van der Waals surface area contributed by atoms with Gasteiger partial charge in [-0.2, -0.15) is 5.26 Å². The summed E-state index contributed by atoms with van der Waals surface area (Å²) in [6.45, 7) is 8.09. The Kier molecular flexibility index (Phi) is 3.75. The van der Waals surface area contributed by atoms with Crippen LogP contribution in [-0.2, 0) is 9.31 Å². The van der Waals surface area contributed by atoms with Gasteiger partial charge < -0.3 is 9.31 Å². The third kappa shape index (κ3) is 2.88. The van der Waals surface area contributed by atoms with Crippen LogP contribution in [0.5, 0.6) is 0 Å². The Hall–Kier alpha value is -2.16. The van der Waals surface area contributed by atoms with Crippen molar-refractivity contribution in [2.45, 2.75) is 38.9 Å². The molecular weight excluding hydrogens is 287 g/mol. The number of pyridine rings is 1. The summed E-state index contributed by atoms with van der Waals surface area (Å²) in [4.78, 5) is 4.49. The summed E-state index contributed by atoms with van der Waals surface area (Å²) in [7, 11) is -0.459. The molecule has 0 spiro atoms. The number of rotatable bonds is 2. The maximum absolute atomic E-state index is 9.00. The molecule has 0 aliphatic carbocycles. The number of aromatic nitrogens is 1. The summed E-state index contributed by atoms with van der Waals surface area (Å²) in [6.07, 6.45) is 1.79. The van der Waals surface area contributed by atoms with E-state index in [9.17, 15) is 0 Å². The van der Waals surface area contributed by atoms with Gasteiger partial charge in [-0.1, -0.05) is 18.2 Å². The van der Waals surface area contributed by atoms with E-state index in [2.05, 4.69) is 11.1 Å². The van der Waals surface area contributed by atoms with Crippen molar-refractivity contribution in [3.63, 3.8) is 0 Å². The average Bonchev–Trinajstić information content (AvgIpc) is 2.76. The van der Waals surface area contributed by atoms with Crippen LogP contribution >= 0.6 is 0 Å². The van der Waals surface area contributed by atoms with E-state index in [0.717, 1.165) is 16.7 Å². The van der Waals surface area contributed by atoms with Gasteiger partial charge in [-0.3, -0.25) is 4.98 Å². The highest BCUT2D eigenvalue weighted by molar-refractivity contribution is 6.61. The Morgan fingerprint density at radius 2 is 1.70 bits per heavy atom. The molecule has 3 rings (SSSR count). The molecule has 0 saturated carbocycles. The molecule has 1 aliphatic heterocycles. The minimum absolute atomic E-state index is 0.376. The zero-order valence-corrected chi connectivity index (χ0v) is 13.8. The largest absolute Gasteiger partial charge is 0.514 e. The maximum atomic E-state index is 9.00. The molecule has 1 aliphatic rings. The second-order valence-electron chi connectivity index (χ2n) is 6.75. The van der Waals surface area contributed by atoms with Crippen LogP contribution in [0, 0.1) is 11.3 Å². The standard InChI is InChI=1S/C18H19BN2O2/c1-17(2)18(3,4)23-19(22-17)16-9-8-15(12-21-16)14-7-5-6-13(10-14)11-20/h5-10,12H,1-4H3. The van der Waals surface area contributed by atoms with E-state index >= 15 is 0 Å². The molecule has 2 aromatic rings. The lowest BCUT2D eigenvalue weighted by atomic mass is 9.84. The molecule has 0 amide bonds. The zero-order valence-electron chi connectivity index (χ0n) is 13.8. The van der Waals surface area contributed by atoms with Crippen LogP contribution in [0.2, 0.25) is 0 Å². The molecule has 0 atom stereocenters. The van der Waals surface area contributed by atoms with Crippen LogP contribution in [0.3, 0.4) is 0 Å². The quantitative estimate of drug-likeness (QED) is 0.801. The first-order valence-electron chi connectivity index (χ1n) is 7.64. The van der Waals surface area contributed by atoms with Gasteiger partial charge in [0, 0.05) is 6.20 Å². The van der Waals surface area contributed by atoms with E-state index in [-0.39, 0.29) is 11.2 Å². The highest BCUT2D eigenvalue weighted by Gasteiger charge is 2.52. The SMILES string of the molecule is CC1(C)OB(c2ccc(-c3cccc(C#N)c3)cn2)OC1(C)C. The Bertz CT molecular complexity index is 747. The van der Waals surface area contributed by atoms with Crippen LogP contribution in [0.4, 0.5) is 0 Å². The van der Waals surface area contributed by atoms with Crippen molar-refractivity contribution in [2.24, 2.45) is 0 Å².